The number of nitrogens with zero attached hydrogens (tertiary/aromatic N) is 2. The lowest BCUT2D eigenvalue weighted by Gasteiger charge is -2.28. The lowest BCUT2D eigenvalue weighted by Crippen LogP contribution is -2.30. The Hall–Kier alpha value is -2.61. The van der Waals surface area contributed by atoms with E-state index in [9.17, 15) is 9.59 Å². The maximum absolute atomic E-state index is 12.7. The van der Waals surface area contributed by atoms with Crippen LogP contribution < -0.4 is 10.9 Å². The number of ether oxygens (including phenoxy) is 1. The number of allylic oxidation sites excluding steroid dienone is 1. The van der Waals surface area contributed by atoms with Crippen LogP contribution in [-0.2, 0) is 9.53 Å². The van der Waals surface area contributed by atoms with Gasteiger partial charge in [-0.3, -0.25) is 9.78 Å². The van der Waals surface area contributed by atoms with Gasteiger partial charge in [0.05, 0.1) is 24.2 Å². The minimum atomic E-state index is -0.566. The molecule has 0 fully saturated rings. The van der Waals surface area contributed by atoms with Crippen LogP contribution in [-0.4, -0.2) is 34.3 Å². The minimum absolute atomic E-state index is 0.285. The third kappa shape index (κ3) is 2.69. The quantitative estimate of drug-likeness (QED) is 0.498. The Morgan fingerprint density at radius 1 is 1.33 bits per heavy atom. The van der Waals surface area contributed by atoms with Crippen LogP contribution in [0.2, 0.25) is 0 Å². The number of methoxy groups -OCH3 is 1. The molecular weight excluding hydrogens is 328 g/mol. The van der Waals surface area contributed by atoms with Crippen LogP contribution in [0.25, 0.3) is 0 Å². The normalized spacial score (nSPS) is 16.4. The molecule has 0 saturated carbocycles. The van der Waals surface area contributed by atoms with Crippen molar-refractivity contribution in [2.75, 3.05) is 18.7 Å². The van der Waals surface area contributed by atoms with Gasteiger partial charge >= 0.3 is 5.97 Å². The molecule has 0 spiro atoms. The first kappa shape index (κ1) is 16.3. The number of rotatable bonds is 3. The van der Waals surface area contributed by atoms with Crippen molar-refractivity contribution >= 4 is 23.5 Å². The Morgan fingerprint density at radius 2 is 2.04 bits per heavy atom. The lowest BCUT2D eigenvalue weighted by atomic mass is 9.83. The monoisotopic (exact) mass is 344 g/mol. The average Bonchev–Trinajstić information content (AvgIpc) is 2.60. The van der Waals surface area contributed by atoms with Crippen LogP contribution >= 0.6 is 11.8 Å². The number of pyridine rings is 1. The summed E-state index contributed by atoms with van der Waals surface area (Å²) in [7, 11) is 1.32. The van der Waals surface area contributed by atoms with Crippen molar-refractivity contribution in [2.45, 2.75) is 18.0 Å². The van der Waals surface area contributed by atoms with E-state index in [1.54, 1.807) is 31.5 Å². The molecule has 124 valence electrons. The highest BCUT2D eigenvalue weighted by molar-refractivity contribution is 7.98. The summed E-state index contributed by atoms with van der Waals surface area (Å²) in [6.07, 6.45) is 5.08. The maximum Gasteiger partial charge on any atom is 0.336 e. The fourth-order valence-electron chi connectivity index (χ4n) is 2.80. The van der Waals surface area contributed by atoms with E-state index in [1.807, 2.05) is 6.26 Å². The number of fused-ring (bicyclic) bond motifs is 1. The SMILES string of the molecule is COC(=O)C1=C(C)Nc2nc(SC)[nH]c(=O)c2C1c1ccncc1. The van der Waals surface area contributed by atoms with E-state index < -0.39 is 11.9 Å². The third-order valence-corrected chi connectivity index (χ3v) is 4.44. The van der Waals surface area contributed by atoms with Crippen LogP contribution in [0.3, 0.4) is 0 Å². The van der Waals surface area contributed by atoms with Crippen LogP contribution in [0.4, 0.5) is 5.82 Å². The largest absolute Gasteiger partial charge is 0.466 e. The molecule has 1 aliphatic heterocycles. The van der Waals surface area contributed by atoms with E-state index in [4.69, 9.17) is 4.74 Å². The predicted molar refractivity (Wildman–Crippen MR) is 91.1 cm³/mol. The molecule has 2 N–H and O–H groups in total. The van der Waals surface area contributed by atoms with Gasteiger partial charge in [-0.15, -0.1) is 0 Å². The molecule has 7 nitrogen and oxygen atoms in total. The zero-order valence-corrected chi connectivity index (χ0v) is 14.2. The van der Waals surface area contributed by atoms with E-state index in [2.05, 4.69) is 20.3 Å². The number of esters is 1. The molecule has 0 aliphatic carbocycles. The number of H-pyrrole nitrogens is 1. The van der Waals surface area contributed by atoms with Crippen molar-refractivity contribution in [1.29, 1.82) is 0 Å². The molecule has 0 radical (unpaired) electrons. The topological polar surface area (TPSA) is 97.0 Å². The fraction of sp³-hybridized carbons (Fsp3) is 0.250. The summed E-state index contributed by atoms with van der Waals surface area (Å²) >= 11 is 1.34. The van der Waals surface area contributed by atoms with Crippen molar-refractivity contribution in [2.24, 2.45) is 0 Å². The zero-order valence-electron chi connectivity index (χ0n) is 13.4. The van der Waals surface area contributed by atoms with Gasteiger partial charge < -0.3 is 15.0 Å². The number of anilines is 1. The van der Waals surface area contributed by atoms with Gasteiger partial charge in [-0.1, -0.05) is 11.8 Å². The second kappa shape index (κ2) is 6.48. The molecule has 2 aromatic rings. The average molecular weight is 344 g/mol. The molecule has 0 saturated heterocycles. The van der Waals surface area contributed by atoms with Crippen molar-refractivity contribution in [3.8, 4) is 0 Å². The Balaban J connectivity index is 2.29. The second-order valence-corrected chi connectivity index (χ2v) is 6.00. The van der Waals surface area contributed by atoms with Crippen molar-refractivity contribution in [1.82, 2.24) is 15.0 Å². The van der Waals surface area contributed by atoms with Crippen molar-refractivity contribution in [3.05, 3.63) is 57.3 Å². The highest BCUT2D eigenvalue weighted by Gasteiger charge is 2.36. The van der Waals surface area contributed by atoms with Gasteiger partial charge in [0, 0.05) is 18.1 Å². The first-order valence-electron chi connectivity index (χ1n) is 7.21. The Kier molecular flexibility index (Phi) is 4.39. The van der Waals surface area contributed by atoms with E-state index in [1.165, 1.54) is 18.9 Å². The number of carbonyl (C=O) groups excluding carboxylic acids is 1. The molecule has 1 aliphatic rings. The Morgan fingerprint density at radius 3 is 2.67 bits per heavy atom. The fourth-order valence-corrected chi connectivity index (χ4v) is 3.17. The molecule has 8 heteroatoms. The molecule has 24 heavy (non-hydrogen) atoms. The number of thioether (sulfide) groups is 1. The molecule has 1 atom stereocenters. The van der Waals surface area contributed by atoms with Gasteiger partial charge in [-0.25, -0.2) is 9.78 Å². The summed E-state index contributed by atoms with van der Waals surface area (Å²) in [4.78, 5) is 36.2. The number of hydrogen-bond donors (Lipinski definition) is 2. The molecule has 0 bridgehead atoms. The smallest absolute Gasteiger partial charge is 0.336 e. The number of hydrogen-bond acceptors (Lipinski definition) is 7. The molecule has 2 aromatic heterocycles. The zero-order chi connectivity index (χ0) is 17.3. The predicted octanol–water partition coefficient (Wildman–Crippen LogP) is 1.89. The maximum atomic E-state index is 12.7. The molecule has 0 aromatic carbocycles. The van der Waals surface area contributed by atoms with Crippen molar-refractivity contribution in [3.63, 3.8) is 0 Å². The van der Waals surface area contributed by atoms with Crippen LogP contribution in [0.5, 0.6) is 0 Å². The summed E-state index contributed by atoms with van der Waals surface area (Å²) in [5, 5.41) is 3.57. The summed E-state index contributed by atoms with van der Waals surface area (Å²) in [6.45, 7) is 1.77. The highest BCUT2D eigenvalue weighted by Crippen LogP contribution is 2.39. The standard InChI is InChI=1S/C16H16N4O3S/c1-8-10(15(22)23-2)11(9-4-6-17-7-5-9)12-13(18-8)19-16(24-3)20-14(12)21/h4-7,11H,1-3H3,(H2,18,19,20,21). The summed E-state index contributed by atoms with van der Waals surface area (Å²) < 4.78 is 4.92. The van der Waals surface area contributed by atoms with Gasteiger partial charge in [0.1, 0.15) is 5.82 Å². The van der Waals surface area contributed by atoms with Crippen molar-refractivity contribution < 1.29 is 9.53 Å². The van der Waals surface area contributed by atoms with Crippen LogP contribution in [0, 0.1) is 0 Å². The summed E-state index contributed by atoms with van der Waals surface area (Å²) in [5.41, 5.74) is 1.89. The number of carbonyl (C=O) groups is 1. The van der Waals surface area contributed by atoms with E-state index in [0.29, 0.717) is 27.8 Å². The molecule has 3 rings (SSSR count). The third-order valence-electron chi connectivity index (χ3n) is 3.86. The van der Waals surface area contributed by atoms with E-state index in [-0.39, 0.29) is 5.56 Å². The summed E-state index contributed by atoms with van der Waals surface area (Å²) in [5.74, 6) is -0.597. The number of aromatic amines is 1. The Labute approximate surface area is 142 Å². The first-order valence-corrected chi connectivity index (χ1v) is 8.43. The number of nitrogens with one attached hydrogen (secondary N) is 2. The number of aromatic nitrogens is 3. The first-order chi connectivity index (χ1) is 11.6. The van der Waals surface area contributed by atoms with Crippen LogP contribution in [0.15, 0.2) is 45.7 Å². The molecule has 1 unspecified atom stereocenters. The van der Waals surface area contributed by atoms with E-state index >= 15 is 0 Å². The molecule has 0 amide bonds. The van der Waals surface area contributed by atoms with Crippen LogP contribution in [0.1, 0.15) is 24.0 Å². The van der Waals surface area contributed by atoms with Gasteiger partial charge in [0.25, 0.3) is 5.56 Å². The van der Waals surface area contributed by atoms with Gasteiger partial charge in [-0.2, -0.15) is 0 Å². The Bertz CT molecular complexity index is 877. The lowest BCUT2D eigenvalue weighted by molar-refractivity contribution is -0.136. The molecule has 3 heterocycles. The minimum Gasteiger partial charge on any atom is -0.466 e. The highest BCUT2D eigenvalue weighted by atomic mass is 32.2. The summed E-state index contributed by atoms with van der Waals surface area (Å²) in [6, 6.07) is 3.55. The van der Waals surface area contributed by atoms with Gasteiger partial charge in [0.15, 0.2) is 5.16 Å². The second-order valence-electron chi connectivity index (χ2n) is 5.21. The van der Waals surface area contributed by atoms with Gasteiger partial charge in [0.2, 0.25) is 0 Å². The van der Waals surface area contributed by atoms with E-state index in [0.717, 1.165) is 5.56 Å². The van der Waals surface area contributed by atoms with Gasteiger partial charge in [-0.05, 0) is 30.9 Å². The molecular formula is C16H16N4O3S.